The molecule has 0 aromatic heterocycles. The number of rotatable bonds is 4. The molecule has 1 aromatic rings. The van der Waals surface area contributed by atoms with Crippen molar-refractivity contribution in [3.8, 4) is 0 Å². The summed E-state index contributed by atoms with van der Waals surface area (Å²) in [6, 6.07) is 3.20. The summed E-state index contributed by atoms with van der Waals surface area (Å²) in [5, 5.41) is 7.25. The van der Waals surface area contributed by atoms with Crippen molar-refractivity contribution in [1.29, 1.82) is 0 Å². The Morgan fingerprint density at radius 1 is 1.22 bits per heavy atom. The number of benzene rings is 1. The molecule has 1 atom stereocenters. The molecule has 0 aliphatic carbocycles. The Morgan fingerprint density at radius 2 is 1.93 bits per heavy atom. The first-order valence-corrected chi connectivity index (χ1v) is 8.33. The first-order chi connectivity index (χ1) is 12.8. The molecule has 0 saturated carbocycles. The molecule has 2 heterocycles. The fraction of sp³-hybridized carbons (Fsp3) is 0.278. The van der Waals surface area contributed by atoms with Gasteiger partial charge in [0.25, 0.3) is 11.8 Å². The van der Waals surface area contributed by atoms with Crippen molar-refractivity contribution in [2.24, 2.45) is 0 Å². The molecule has 3 N–H and O–H groups in total. The second-order valence-electron chi connectivity index (χ2n) is 6.42. The fourth-order valence-corrected chi connectivity index (χ4v) is 3.05. The average molecular weight is 370 g/mol. The number of imide groups is 2. The zero-order valence-corrected chi connectivity index (χ0v) is 14.6. The smallest absolute Gasteiger partial charge is 0.319 e. The molecule has 2 aliphatic heterocycles. The van der Waals surface area contributed by atoms with Crippen LogP contribution in [0.2, 0.25) is 0 Å². The summed E-state index contributed by atoms with van der Waals surface area (Å²) < 4.78 is 0. The minimum atomic E-state index is -1.00. The highest BCUT2D eigenvalue weighted by atomic mass is 16.2. The van der Waals surface area contributed by atoms with Gasteiger partial charge in [0, 0.05) is 18.7 Å². The lowest BCUT2D eigenvalue weighted by molar-refractivity contribution is -0.136. The lowest BCUT2D eigenvalue weighted by atomic mass is 10.0. The van der Waals surface area contributed by atoms with E-state index in [4.69, 9.17) is 0 Å². The minimum absolute atomic E-state index is 0.0663. The molecule has 6 amide bonds. The van der Waals surface area contributed by atoms with Crippen LogP contribution in [0.3, 0.4) is 0 Å². The van der Waals surface area contributed by atoms with Gasteiger partial charge in [-0.15, -0.1) is 0 Å². The Morgan fingerprint density at radius 3 is 2.59 bits per heavy atom. The average Bonchev–Trinajstić information content (AvgIpc) is 2.84. The van der Waals surface area contributed by atoms with Gasteiger partial charge in [-0.25, -0.2) is 4.79 Å². The van der Waals surface area contributed by atoms with Gasteiger partial charge in [0.15, 0.2) is 0 Å². The highest BCUT2D eigenvalue weighted by Gasteiger charge is 2.44. The van der Waals surface area contributed by atoms with E-state index in [1.165, 1.54) is 12.1 Å². The summed E-state index contributed by atoms with van der Waals surface area (Å²) in [6.07, 6.45) is 0.169. The number of urea groups is 1. The maximum atomic E-state index is 12.7. The van der Waals surface area contributed by atoms with Crippen LogP contribution in [0.5, 0.6) is 0 Å². The van der Waals surface area contributed by atoms with Crippen LogP contribution in [0, 0.1) is 0 Å². The van der Waals surface area contributed by atoms with Crippen molar-refractivity contribution >= 4 is 29.7 Å². The zero-order chi connectivity index (χ0) is 19.7. The normalized spacial score (nSPS) is 18.9. The fourth-order valence-electron chi connectivity index (χ4n) is 3.05. The Labute approximate surface area is 154 Å². The van der Waals surface area contributed by atoms with Gasteiger partial charge in [-0.3, -0.25) is 29.4 Å². The Balaban J connectivity index is 1.76. The predicted octanol–water partition coefficient (Wildman–Crippen LogP) is 0.421. The van der Waals surface area contributed by atoms with Crippen molar-refractivity contribution in [2.45, 2.75) is 32.4 Å². The SMILES string of the molecule is C=C(C)NC(=O)NCc1ccc2c(c1)C(=O)N(C1CCC(=O)NC1=O)C2=O. The number of hydrogen-bond donors (Lipinski definition) is 3. The third-order valence-corrected chi connectivity index (χ3v) is 4.28. The van der Waals surface area contributed by atoms with Crippen LogP contribution in [-0.2, 0) is 16.1 Å². The van der Waals surface area contributed by atoms with E-state index in [1.54, 1.807) is 13.0 Å². The number of hydrogen-bond acceptors (Lipinski definition) is 5. The van der Waals surface area contributed by atoms with Crippen LogP contribution in [0.1, 0.15) is 46.0 Å². The lowest BCUT2D eigenvalue weighted by Crippen LogP contribution is -2.54. The van der Waals surface area contributed by atoms with E-state index in [1.807, 2.05) is 0 Å². The third-order valence-electron chi connectivity index (χ3n) is 4.28. The summed E-state index contributed by atoms with van der Waals surface area (Å²) in [6.45, 7) is 5.35. The van der Waals surface area contributed by atoms with Gasteiger partial charge in [-0.1, -0.05) is 12.6 Å². The van der Waals surface area contributed by atoms with E-state index in [0.717, 1.165) is 4.90 Å². The molecule has 0 bridgehead atoms. The van der Waals surface area contributed by atoms with Gasteiger partial charge in [-0.2, -0.15) is 0 Å². The molecule has 9 nitrogen and oxygen atoms in total. The number of carbonyl (C=O) groups excluding carboxylic acids is 5. The number of amides is 6. The molecule has 3 rings (SSSR count). The maximum Gasteiger partial charge on any atom is 0.319 e. The maximum absolute atomic E-state index is 12.7. The van der Waals surface area contributed by atoms with Gasteiger partial charge in [0.05, 0.1) is 11.1 Å². The molecule has 140 valence electrons. The third kappa shape index (κ3) is 3.57. The number of fused-ring (bicyclic) bond motifs is 1. The molecule has 1 fully saturated rings. The molecular formula is C18H18N4O5. The van der Waals surface area contributed by atoms with Crippen molar-refractivity contribution in [3.63, 3.8) is 0 Å². The number of nitrogens with one attached hydrogen (secondary N) is 3. The lowest BCUT2D eigenvalue weighted by Gasteiger charge is -2.27. The van der Waals surface area contributed by atoms with Crippen LogP contribution in [0.25, 0.3) is 0 Å². The van der Waals surface area contributed by atoms with Crippen LogP contribution >= 0.6 is 0 Å². The second kappa shape index (κ2) is 7.02. The first-order valence-electron chi connectivity index (χ1n) is 8.33. The number of nitrogens with zero attached hydrogens (tertiary/aromatic N) is 1. The van der Waals surface area contributed by atoms with Gasteiger partial charge in [0.2, 0.25) is 11.8 Å². The minimum Gasteiger partial charge on any atom is -0.334 e. The molecule has 1 unspecified atom stereocenters. The van der Waals surface area contributed by atoms with E-state index in [9.17, 15) is 24.0 Å². The van der Waals surface area contributed by atoms with E-state index in [-0.39, 0.29) is 30.5 Å². The summed E-state index contributed by atoms with van der Waals surface area (Å²) in [4.78, 5) is 61.1. The first kappa shape index (κ1) is 18.3. The quantitative estimate of drug-likeness (QED) is 0.663. The van der Waals surface area contributed by atoms with Crippen molar-refractivity contribution in [2.75, 3.05) is 0 Å². The highest BCUT2D eigenvalue weighted by Crippen LogP contribution is 2.28. The Hall–Kier alpha value is -3.49. The van der Waals surface area contributed by atoms with E-state index >= 15 is 0 Å². The molecule has 1 saturated heterocycles. The molecule has 1 aromatic carbocycles. The summed E-state index contributed by atoms with van der Waals surface area (Å²) in [5.41, 5.74) is 1.48. The largest absolute Gasteiger partial charge is 0.334 e. The topological polar surface area (TPSA) is 125 Å². The van der Waals surface area contributed by atoms with Gasteiger partial charge in [0.1, 0.15) is 6.04 Å². The van der Waals surface area contributed by atoms with Gasteiger partial charge in [-0.05, 0) is 31.0 Å². The van der Waals surface area contributed by atoms with Gasteiger partial charge < -0.3 is 10.6 Å². The predicted molar refractivity (Wildman–Crippen MR) is 93.3 cm³/mol. The zero-order valence-electron chi connectivity index (χ0n) is 14.6. The van der Waals surface area contributed by atoms with E-state index in [2.05, 4.69) is 22.5 Å². The highest BCUT2D eigenvalue weighted by molar-refractivity contribution is 6.23. The Bertz CT molecular complexity index is 892. The summed E-state index contributed by atoms with van der Waals surface area (Å²) in [5.74, 6) is -2.23. The number of allylic oxidation sites excluding steroid dienone is 1. The van der Waals surface area contributed by atoms with E-state index in [0.29, 0.717) is 11.3 Å². The number of carbonyl (C=O) groups is 5. The van der Waals surface area contributed by atoms with Crippen LogP contribution < -0.4 is 16.0 Å². The standard InChI is InChI=1S/C18H18N4O5/c1-9(2)20-18(27)19-8-10-3-4-11-12(7-10)17(26)22(16(11)25)13-5-6-14(23)21-15(13)24/h3-4,7,13H,1,5-6,8H2,2H3,(H2,19,20,27)(H,21,23,24). The van der Waals surface area contributed by atoms with E-state index < -0.39 is 35.7 Å². The molecule has 0 radical (unpaired) electrons. The summed E-state index contributed by atoms with van der Waals surface area (Å²) >= 11 is 0. The number of piperidine rings is 1. The van der Waals surface area contributed by atoms with Crippen molar-refractivity contribution in [1.82, 2.24) is 20.9 Å². The second-order valence-corrected chi connectivity index (χ2v) is 6.42. The van der Waals surface area contributed by atoms with Crippen LogP contribution in [-0.4, -0.2) is 40.6 Å². The summed E-state index contributed by atoms with van der Waals surface area (Å²) in [7, 11) is 0. The molecular weight excluding hydrogens is 352 g/mol. The van der Waals surface area contributed by atoms with Crippen molar-refractivity contribution in [3.05, 3.63) is 47.2 Å². The molecule has 0 spiro atoms. The van der Waals surface area contributed by atoms with Crippen molar-refractivity contribution < 1.29 is 24.0 Å². The van der Waals surface area contributed by atoms with Crippen LogP contribution in [0.4, 0.5) is 4.79 Å². The molecule has 9 heteroatoms. The monoisotopic (exact) mass is 370 g/mol. The molecule has 27 heavy (non-hydrogen) atoms. The molecule has 2 aliphatic rings. The van der Waals surface area contributed by atoms with Crippen LogP contribution in [0.15, 0.2) is 30.5 Å². The van der Waals surface area contributed by atoms with Gasteiger partial charge >= 0.3 is 6.03 Å². The Kier molecular flexibility index (Phi) is 4.76.